The lowest BCUT2D eigenvalue weighted by atomic mass is 9.88. The maximum Gasteiger partial charge on any atom is 0.471 e. The van der Waals surface area contributed by atoms with Crippen molar-refractivity contribution in [1.29, 1.82) is 0 Å². The molecule has 1 heterocycles. The normalized spacial score (nSPS) is 23.3. The van der Waals surface area contributed by atoms with E-state index in [1.54, 1.807) is 24.3 Å². The van der Waals surface area contributed by atoms with Gasteiger partial charge in [-0.2, -0.15) is 13.2 Å². The first-order chi connectivity index (χ1) is 20.7. The van der Waals surface area contributed by atoms with Crippen molar-refractivity contribution in [3.8, 4) is 12.3 Å². The molecule has 1 fully saturated rings. The summed E-state index contributed by atoms with van der Waals surface area (Å²) in [5.41, 5.74) is 0.566. The van der Waals surface area contributed by atoms with Crippen LogP contribution in [-0.4, -0.2) is 107 Å². The molecule has 12 nitrogen and oxygen atoms in total. The van der Waals surface area contributed by atoms with E-state index in [-0.39, 0.29) is 19.6 Å². The van der Waals surface area contributed by atoms with Crippen molar-refractivity contribution >= 4 is 29.4 Å². The fourth-order valence-electron chi connectivity index (χ4n) is 4.38. The summed E-state index contributed by atoms with van der Waals surface area (Å²) in [5, 5.41) is 46.4. The second kappa shape index (κ2) is 17.5. The first-order valence-corrected chi connectivity index (χ1v) is 14.1. The number of hydrogen-bond acceptors (Lipinski definition) is 9. The molecule has 6 atom stereocenters. The third-order valence-corrected chi connectivity index (χ3v) is 6.93. The van der Waals surface area contributed by atoms with Gasteiger partial charge < -0.3 is 45.3 Å². The van der Waals surface area contributed by atoms with Crippen LogP contribution in [0.3, 0.4) is 0 Å². The first kappa shape index (κ1) is 37.2. The van der Waals surface area contributed by atoms with Crippen LogP contribution in [0.15, 0.2) is 24.3 Å². The van der Waals surface area contributed by atoms with Crippen LogP contribution in [0, 0.1) is 12.3 Å². The number of nitrogens with one attached hydrogen (secondary N) is 2. The third kappa shape index (κ3) is 11.5. The fraction of sp³-hybridized carbons (Fsp3) is 0.607. The molecule has 2 rings (SSSR count). The number of benzene rings is 1. The number of aliphatic hydroxyl groups is 3. The highest BCUT2D eigenvalue weighted by Crippen LogP contribution is 2.34. The van der Waals surface area contributed by atoms with Crippen LogP contribution < -0.4 is 10.6 Å². The minimum Gasteiger partial charge on any atom is -0.477 e. The van der Waals surface area contributed by atoms with Crippen LogP contribution in [0.5, 0.6) is 0 Å². The van der Waals surface area contributed by atoms with E-state index in [1.807, 2.05) is 0 Å². The second-order valence-corrected chi connectivity index (χ2v) is 10.5. The zero-order valence-electron chi connectivity index (χ0n) is 23.6. The number of hydrogen-bond donors (Lipinski definition) is 6. The highest BCUT2D eigenvalue weighted by atomic mass is 35.5. The van der Waals surface area contributed by atoms with Gasteiger partial charge in [0.05, 0.1) is 31.3 Å². The molecule has 0 aliphatic carbocycles. The van der Waals surface area contributed by atoms with Gasteiger partial charge in [-0.05, 0) is 30.5 Å². The Hall–Kier alpha value is -2.97. The van der Waals surface area contributed by atoms with Crippen molar-refractivity contribution in [3.05, 3.63) is 34.9 Å². The number of aliphatic carboxylic acids is 1. The molecule has 1 aromatic rings. The number of carboxylic acid groups (broad SMARTS) is 1. The summed E-state index contributed by atoms with van der Waals surface area (Å²) in [7, 11) is 0. The molecule has 0 radical (unpaired) electrons. The van der Waals surface area contributed by atoms with E-state index in [0.717, 1.165) is 0 Å². The predicted octanol–water partition coefficient (Wildman–Crippen LogP) is 0.925. The van der Waals surface area contributed by atoms with Gasteiger partial charge in [-0.25, -0.2) is 4.79 Å². The Bertz CT molecular complexity index is 1130. The lowest BCUT2D eigenvalue weighted by molar-refractivity contribution is -0.311. The van der Waals surface area contributed by atoms with Gasteiger partial charge in [0.25, 0.3) is 5.79 Å². The van der Waals surface area contributed by atoms with Crippen molar-refractivity contribution < 1.29 is 62.2 Å². The van der Waals surface area contributed by atoms with E-state index in [4.69, 9.17) is 32.2 Å². The molecule has 6 N–H and O–H groups in total. The highest BCUT2D eigenvalue weighted by Gasteiger charge is 2.57. The summed E-state index contributed by atoms with van der Waals surface area (Å²) < 4.78 is 55.2. The molecule has 1 aliphatic heterocycles. The molecule has 0 unspecified atom stereocenters. The number of unbranched alkanes of at least 4 members (excludes halogenated alkanes) is 3. The Kier molecular flexibility index (Phi) is 14.8. The smallest absolute Gasteiger partial charge is 0.471 e. The van der Waals surface area contributed by atoms with Crippen LogP contribution in [0.1, 0.15) is 37.7 Å². The average molecular weight is 653 g/mol. The van der Waals surface area contributed by atoms with Crippen molar-refractivity contribution in [2.75, 3.05) is 26.4 Å². The summed E-state index contributed by atoms with van der Waals surface area (Å²) in [6.45, 7) is -0.259. The van der Waals surface area contributed by atoms with Gasteiger partial charge >= 0.3 is 18.1 Å². The number of aliphatic hydroxyl groups excluding tert-OH is 3. The van der Waals surface area contributed by atoms with Gasteiger partial charge in [-0.15, -0.1) is 6.42 Å². The van der Waals surface area contributed by atoms with E-state index in [1.165, 1.54) is 5.32 Å². The summed E-state index contributed by atoms with van der Waals surface area (Å²) in [6, 6.07) is 4.26. The van der Waals surface area contributed by atoms with Crippen molar-refractivity contribution in [2.45, 2.75) is 80.9 Å². The Morgan fingerprint density at radius 3 is 2.36 bits per heavy atom. The molecule has 246 valence electrons. The third-order valence-electron chi connectivity index (χ3n) is 6.67. The molecule has 16 heteroatoms. The number of rotatable bonds is 17. The summed E-state index contributed by atoms with van der Waals surface area (Å²) >= 11 is 5.81. The number of alkyl halides is 3. The monoisotopic (exact) mass is 652 g/mol. The van der Waals surface area contributed by atoms with Crippen LogP contribution in [0.25, 0.3) is 0 Å². The lowest BCUT2D eigenvalue weighted by Gasteiger charge is -2.46. The maximum atomic E-state index is 13.0. The predicted molar refractivity (Wildman–Crippen MR) is 148 cm³/mol. The molecule has 2 amide bonds. The molecule has 44 heavy (non-hydrogen) atoms. The second-order valence-electron chi connectivity index (χ2n) is 10.1. The Balaban J connectivity index is 2.12. The lowest BCUT2D eigenvalue weighted by Crippen LogP contribution is -2.69. The molecule has 0 aromatic heterocycles. The van der Waals surface area contributed by atoms with Crippen LogP contribution in [0.2, 0.25) is 5.02 Å². The summed E-state index contributed by atoms with van der Waals surface area (Å²) in [5.74, 6) is -5.17. The number of ether oxygens (including phenoxy) is 3. The molecule has 1 aromatic carbocycles. The van der Waals surface area contributed by atoms with Crippen LogP contribution >= 0.6 is 11.6 Å². The average Bonchev–Trinajstić information content (AvgIpc) is 2.96. The van der Waals surface area contributed by atoms with Crippen LogP contribution in [-0.2, 0) is 35.0 Å². The number of amides is 2. The number of terminal acetylenes is 1. The molecule has 0 saturated carbocycles. The number of carbonyl (C=O) groups excluding carboxylic acids is 2. The number of carboxylic acids is 1. The molecule has 1 saturated heterocycles. The van der Waals surface area contributed by atoms with E-state index in [0.29, 0.717) is 42.9 Å². The standard InChI is InChI=1S/C28H36ClF3N2O10/c1-2-11-42-12-5-3-4-6-13-43-27(26(40)41)15-19(35)22(34-25(39)28(30,31)32)24(44-27)23(38)20(36)16-33-21(37)14-17-7-9-18(29)10-8-17/h1,7-10,19-20,22-24,35-36,38H,3-6,11-16H2,(H,33,37)(H,34,39)(H,40,41)/t19-,20+,22+,23+,24+,27+/m0/s1. The molecular weight excluding hydrogens is 617 g/mol. The minimum absolute atomic E-state index is 0.142. The van der Waals surface area contributed by atoms with E-state index < -0.39 is 73.2 Å². The zero-order valence-corrected chi connectivity index (χ0v) is 24.4. The maximum absolute atomic E-state index is 13.0. The Morgan fingerprint density at radius 1 is 1.14 bits per heavy atom. The first-order valence-electron chi connectivity index (χ1n) is 13.7. The number of halogens is 4. The summed E-state index contributed by atoms with van der Waals surface area (Å²) in [4.78, 5) is 36.3. The quantitative estimate of drug-likeness (QED) is 0.105. The van der Waals surface area contributed by atoms with Gasteiger partial charge in [-0.1, -0.05) is 42.5 Å². The fourth-order valence-corrected chi connectivity index (χ4v) is 4.51. The van der Waals surface area contributed by atoms with Gasteiger partial charge in [0.1, 0.15) is 18.8 Å². The minimum atomic E-state index is -5.40. The summed E-state index contributed by atoms with van der Waals surface area (Å²) in [6.07, 6.45) is -7.39. The van der Waals surface area contributed by atoms with Crippen molar-refractivity contribution in [1.82, 2.24) is 10.6 Å². The van der Waals surface area contributed by atoms with Gasteiger partial charge in [0, 0.05) is 24.6 Å². The zero-order chi connectivity index (χ0) is 32.9. The molecular formula is C28H36ClF3N2O10. The largest absolute Gasteiger partial charge is 0.477 e. The Labute approximate surface area is 256 Å². The molecule has 0 bridgehead atoms. The van der Waals surface area contributed by atoms with Gasteiger partial charge in [-0.3, -0.25) is 9.59 Å². The van der Waals surface area contributed by atoms with E-state index in [9.17, 15) is 48.0 Å². The topological polar surface area (TPSA) is 184 Å². The van der Waals surface area contributed by atoms with E-state index in [2.05, 4.69) is 11.2 Å². The van der Waals surface area contributed by atoms with Crippen molar-refractivity contribution in [3.63, 3.8) is 0 Å². The molecule has 1 aliphatic rings. The van der Waals surface area contributed by atoms with Crippen molar-refractivity contribution in [2.24, 2.45) is 0 Å². The Morgan fingerprint density at radius 2 is 1.77 bits per heavy atom. The molecule has 0 spiro atoms. The van der Waals surface area contributed by atoms with E-state index >= 15 is 0 Å². The van der Waals surface area contributed by atoms with Gasteiger partial charge in [0.2, 0.25) is 5.91 Å². The number of carbonyl (C=O) groups is 3. The van der Waals surface area contributed by atoms with Gasteiger partial charge in [0.15, 0.2) is 0 Å². The highest BCUT2D eigenvalue weighted by molar-refractivity contribution is 6.30. The SMILES string of the molecule is C#CCOCCCCCCO[C@]1(C(=O)O)C[C@H](O)[C@@H](NC(=O)C(F)(F)F)[C@H]([C@H](O)[C@H](O)CNC(=O)Cc2ccc(Cl)cc2)O1. The van der Waals surface area contributed by atoms with Crippen LogP contribution in [0.4, 0.5) is 13.2 Å².